The van der Waals surface area contributed by atoms with Crippen molar-refractivity contribution in [3.8, 4) is 0 Å². The molecule has 1 aromatic carbocycles. The molecule has 0 radical (unpaired) electrons. The predicted molar refractivity (Wildman–Crippen MR) is 76.2 cm³/mol. The molecule has 2 aromatic rings. The number of rotatable bonds is 6. The number of aromatic nitrogens is 1. The molecule has 0 saturated carbocycles. The van der Waals surface area contributed by atoms with Gasteiger partial charge in [0.15, 0.2) is 0 Å². The van der Waals surface area contributed by atoms with Crippen LogP contribution in [-0.4, -0.2) is 35.2 Å². The van der Waals surface area contributed by atoms with E-state index in [1.165, 1.54) is 0 Å². The molecule has 0 bridgehead atoms. The van der Waals surface area contributed by atoms with Gasteiger partial charge in [0, 0.05) is 22.6 Å². The highest BCUT2D eigenvalue weighted by Crippen LogP contribution is 2.23. The summed E-state index contributed by atoms with van der Waals surface area (Å²) < 4.78 is 26.0. The Morgan fingerprint density at radius 1 is 1.35 bits per heavy atom. The normalized spacial score (nSPS) is 13.8. The van der Waals surface area contributed by atoms with Gasteiger partial charge in [0.1, 0.15) is 6.61 Å². The van der Waals surface area contributed by atoms with Gasteiger partial charge in [-0.05, 0) is 31.9 Å². The van der Waals surface area contributed by atoms with Crippen LogP contribution in [0.4, 0.5) is 8.78 Å². The second kappa shape index (κ2) is 5.89. The number of nitrogens with one attached hydrogen (secondary N) is 2. The molecule has 3 N–H and O–H groups in total. The van der Waals surface area contributed by atoms with Crippen molar-refractivity contribution in [1.29, 1.82) is 0 Å². The Balaban J connectivity index is 2.06. The molecular formula is C15H20F2N2O. The maximum atomic E-state index is 13.0. The van der Waals surface area contributed by atoms with Crippen molar-refractivity contribution in [2.24, 2.45) is 0 Å². The SMILES string of the molecule is Cc1[nH]c2ccccc2c1C[C@@H](C)NCC(F)(F)CO. The fraction of sp³-hybridized carbons (Fsp3) is 0.467. The molecule has 2 rings (SSSR count). The van der Waals surface area contributed by atoms with Gasteiger partial charge in [-0.15, -0.1) is 0 Å². The zero-order chi connectivity index (χ0) is 14.8. The Bertz CT molecular complexity index is 580. The van der Waals surface area contributed by atoms with Crippen LogP contribution < -0.4 is 5.32 Å². The first kappa shape index (κ1) is 14.9. The van der Waals surface area contributed by atoms with Gasteiger partial charge < -0.3 is 15.4 Å². The summed E-state index contributed by atoms with van der Waals surface area (Å²) in [6.07, 6.45) is 0.664. The van der Waals surface area contributed by atoms with E-state index in [1.54, 1.807) is 0 Å². The van der Waals surface area contributed by atoms with Crippen molar-refractivity contribution in [1.82, 2.24) is 10.3 Å². The van der Waals surface area contributed by atoms with Crippen LogP contribution in [0.5, 0.6) is 0 Å². The standard InChI is InChI=1S/C15H20F2N2O/c1-10(18-8-15(16,17)9-20)7-13-11(2)19-14-6-4-3-5-12(13)14/h3-6,10,18-20H,7-9H2,1-2H3/t10-/m1/s1. The Kier molecular flexibility index (Phi) is 4.40. The van der Waals surface area contributed by atoms with Crippen molar-refractivity contribution in [2.75, 3.05) is 13.2 Å². The highest BCUT2D eigenvalue weighted by atomic mass is 19.3. The van der Waals surface area contributed by atoms with Gasteiger partial charge in [-0.25, -0.2) is 8.78 Å². The fourth-order valence-corrected chi connectivity index (χ4v) is 2.36. The molecule has 0 aliphatic rings. The first-order valence-corrected chi connectivity index (χ1v) is 6.71. The van der Waals surface area contributed by atoms with Crippen LogP contribution in [0.25, 0.3) is 10.9 Å². The Morgan fingerprint density at radius 2 is 2.05 bits per heavy atom. The van der Waals surface area contributed by atoms with Crippen LogP contribution in [0.1, 0.15) is 18.2 Å². The topological polar surface area (TPSA) is 48.0 Å². The van der Waals surface area contributed by atoms with Gasteiger partial charge in [0.05, 0.1) is 6.54 Å². The van der Waals surface area contributed by atoms with Crippen LogP contribution in [0.15, 0.2) is 24.3 Å². The smallest absolute Gasteiger partial charge is 0.282 e. The average molecular weight is 282 g/mol. The van der Waals surface area contributed by atoms with Crippen LogP contribution in [0.3, 0.4) is 0 Å². The van der Waals surface area contributed by atoms with Gasteiger partial charge >= 0.3 is 0 Å². The third-order valence-corrected chi connectivity index (χ3v) is 3.48. The molecule has 0 unspecified atom stereocenters. The van der Waals surface area contributed by atoms with E-state index in [1.807, 2.05) is 38.1 Å². The van der Waals surface area contributed by atoms with Crippen LogP contribution in [0, 0.1) is 6.92 Å². The molecule has 0 saturated heterocycles. The number of aliphatic hydroxyl groups is 1. The summed E-state index contributed by atoms with van der Waals surface area (Å²) in [5.41, 5.74) is 3.27. The summed E-state index contributed by atoms with van der Waals surface area (Å²) in [6.45, 7) is 2.23. The lowest BCUT2D eigenvalue weighted by molar-refractivity contribution is -0.0490. The van der Waals surface area contributed by atoms with E-state index in [0.29, 0.717) is 6.42 Å². The molecule has 0 fully saturated rings. The van der Waals surface area contributed by atoms with Crippen LogP contribution >= 0.6 is 0 Å². The summed E-state index contributed by atoms with van der Waals surface area (Å²) in [4.78, 5) is 3.30. The minimum atomic E-state index is -3.07. The lowest BCUT2D eigenvalue weighted by Crippen LogP contribution is -2.40. The molecule has 1 aromatic heterocycles. The summed E-state index contributed by atoms with van der Waals surface area (Å²) in [6, 6.07) is 7.88. The van der Waals surface area contributed by atoms with Crippen molar-refractivity contribution >= 4 is 10.9 Å². The molecule has 0 amide bonds. The molecule has 3 nitrogen and oxygen atoms in total. The van der Waals surface area contributed by atoms with E-state index in [0.717, 1.165) is 22.2 Å². The fourth-order valence-electron chi connectivity index (χ4n) is 2.36. The Labute approximate surface area is 117 Å². The maximum Gasteiger partial charge on any atom is 0.282 e. The van der Waals surface area contributed by atoms with Gasteiger partial charge in [-0.3, -0.25) is 0 Å². The second-order valence-electron chi connectivity index (χ2n) is 5.27. The summed E-state index contributed by atoms with van der Waals surface area (Å²) in [5, 5.41) is 12.5. The molecule has 0 spiro atoms. The Morgan fingerprint density at radius 3 is 2.75 bits per heavy atom. The number of hydrogen-bond acceptors (Lipinski definition) is 2. The molecular weight excluding hydrogens is 262 g/mol. The predicted octanol–water partition coefficient (Wildman–Crippen LogP) is 2.62. The molecule has 1 atom stereocenters. The van der Waals surface area contributed by atoms with Crippen molar-refractivity contribution in [2.45, 2.75) is 32.2 Å². The van der Waals surface area contributed by atoms with Crippen LogP contribution in [-0.2, 0) is 6.42 Å². The first-order valence-electron chi connectivity index (χ1n) is 6.71. The third kappa shape index (κ3) is 3.35. The lowest BCUT2D eigenvalue weighted by atomic mass is 10.0. The summed E-state index contributed by atoms with van der Waals surface area (Å²) >= 11 is 0. The van der Waals surface area contributed by atoms with E-state index in [4.69, 9.17) is 5.11 Å². The van der Waals surface area contributed by atoms with E-state index in [-0.39, 0.29) is 6.04 Å². The van der Waals surface area contributed by atoms with E-state index < -0.39 is 19.1 Å². The summed E-state index contributed by atoms with van der Waals surface area (Å²) in [7, 11) is 0. The zero-order valence-electron chi connectivity index (χ0n) is 11.7. The van der Waals surface area contributed by atoms with E-state index in [2.05, 4.69) is 10.3 Å². The zero-order valence-corrected chi connectivity index (χ0v) is 11.7. The van der Waals surface area contributed by atoms with E-state index >= 15 is 0 Å². The summed E-state index contributed by atoms with van der Waals surface area (Å²) in [5.74, 6) is -3.07. The quantitative estimate of drug-likeness (QED) is 0.763. The second-order valence-corrected chi connectivity index (χ2v) is 5.27. The number of alkyl halides is 2. The van der Waals surface area contributed by atoms with Gasteiger partial charge in [-0.1, -0.05) is 18.2 Å². The van der Waals surface area contributed by atoms with Crippen molar-refractivity contribution in [3.05, 3.63) is 35.5 Å². The van der Waals surface area contributed by atoms with Gasteiger partial charge in [0.25, 0.3) is 5.92 Å². The highest BCUT2D eigenvalue weighted by Gasteiger charge is 2.27. The molecule has 0 aliphatic heterocycles. The molecule has 20 heavy (non-hydrogen) atoms. The minimum absolute atomic E-state index is 0.0923. The van der Waals surface area contributed by atoms with Crippen molar-refractivity contribution < 1.29 is 13.9 Å². The number of para-hydroxylation sites is 1. The minimum Gasteiger partial charge on any atom is -0.390 e. The van der Waals surface area contributed by atoms with E-state index in [9.17, 15) is 8.78 Å². The van der Waals surface area contributed by atoms with Crippen LogP contribution in [0.2, 0.25) is 0 Å². The monoisotopic (exact) mass is 282 g/mol. The average Bonchev–Trinajstić information content (AvgIpc) is 2.73. The third-order valence-electron chi connectivity index (χ3n) is 3.48. The number of aliphatic hydroxyl groups excluding tert-OH is 1. The number of fused-ring (bicyclic) bond motifs is 1. The Hall–Kier alpha value is -1.46. The molecule has 0 aliphatic carbocycles. The molecule has 5 heteroatoms. The number of hydrogen-bond donors (Lipinski definition) is 3. The number of aryl methyl sites for hydroxylation is 1. The number of H-pyrrole nitrogens is 1. The molecule has 110 valence electrons. The van der Waals surface area contributed by atoms with Crippen molar-refractivity contribution in [3.63, 3.8) is 0 Å². The highest BCUT2D eigenvalue weighted by molar-refractivity contribution is 5.84. The largest absolute Gasteiger partial charge is 0.390 e. The maximum absolute atomic E-state index is 13.0. The van der Waals surface area contributed by atoms with Gasteiger partial charge in [-0.2, -0.15) is 0 Å². The number of benzene rings is 1. The first-order chi connectivity index (χ1) is 9.43. The lowest BCUT2D eigenvalue weighted by Gasteiger charge is -2.19. The van der Waals surface area contributed by atoms with Gasteiger partial charge in [0.2, 0.25) is 0 Å². The number of aromatic amines is 1. The molecule has 1 heterocycles. The number of halogens is 2.